The molecule has 4 rings (SSSR count). The van der Waals surface area contributed by atoms with Crippen LogP contribution in [-0.4, -0.2) is 69.9 Å². The van der Waals surface area contributed by atoms with Crippen molar-refractivity contribution in [2.45, 2.75) is 5.75 Å². The minimum Gasteiger partial charge on any atom is -0.336 e. The maximum atomic E-state index is 12.9. The summed E-state index contributed by atoms with van der Waals surface area (Å²) in [5, 5.41) is 11.0. The molecule has 9 nitrogen and oxygen atoms in total. The zero-order valence-electron chi connectivity index (χ0n) is 15.6. The zero-order chi connectivity index (χ0) is 20.3. The van der Waals surface area contributed by atoms with Gasteiger partial charge in [0.05, 0.1) is 11.4 Å². The third-order valence-electron chi connectivity index (χ3n) is 4.82. The first kappa shape index (κ1) is 19.2. The molecule has 1 saturated heterocycles. The third-order valence-corrected chi connectivity index (χ3v) is 6.67. The summed E-state index contributed by atoms with van der Waals surface area (Å²) in [5.74, 6) is -0.171. The Bertz CT molecular complexity index is 1080. The smallest absolute Gasteiger partial charge is 0.254 e. The van der Waals surface area contributed by atoms with E-state index in [9.17, 15) is 13.2 Å². The van der Waals surface area contributed by atoms with Crippen LogP contribution in [0.15, 0.2) is 60.9 Å². The Kier molecular flexibility index (Phi) is 5.36. The minimum absolute atomic E-state index is 0.0320. The summed E-state index contributed by atoms with van der Waals surface area (Å²) in [7, 11) is -3.42. The molecule has 1 aliphatic rings. The molecule has 0 aliphatic carbocycles. The first-order chi connectivity index (χ1) is 14.0. The lowest BCUT2D eigenvalue weighted by molar-refractivity contribution is 0.0697. The Labute approximate surface area is 168 Å². The van der Waals surface area contributed by atoms with Crippen molar-refractivity contribution >= 4 is 15.9 Å². The minimum atomic E-state index is -3.42. The molecule has 3 aromatic rings. The Morgan fingerprint density at radius 2 is 1.72 bits per heavy atom. The van der Waals surface area contributed by atoms with Crippen LogP contribution in [-0.2, 0) is 15.8 Å². The molecule has 2 heterocycles. The van der Waals surface area contributed by atoms with Crippen LogP contribution in [0.25, 0.3) is 5.69 Å². The fraction of sp³-hybridized carbons (Fsp3) is 0.263. The van der Waals surface area contributed by atoms with Gasteiger partial charge in [0.2, 0.25) is 10.0 Å². The molecule has 2 aromatic carbocycles. The van der Waals surface area contributed by atoms with Gasteiger partial charge in [0.15, 0.2) is 0 Å². The largest absolute Gasteiger partial charge is 0.336 e. The van der Waals surface area contributed by atoms with E-state index < -0.39 is 10.0 Å². The Balaban J connectivity index is 1.41. The van der Waals surface area contributed by atoms with Gasteiger partial charge in [0.25, 0.3) is 5.91 Å². The van der Waals surface area contributed by atoms with E-state index in [0.717, 1.165) is 5.56 Å². The molecular formula is C19H20N6O3S. The number of amides is 1. The lowest BCUT2D eigenvalue weighted by atomic mass is 10.1. The predicted octanol–water partition coefficient (Wildman–Crippen LogP) is 0.950. The second-order valence-corrected chi connectivity index (χ2v) is 8.71. The van der Waals surface area contributed by atoms with Crippen molar-refractivity contribution in [3.63, 3.8) is 0 Å². The number of piperazine rings is 1. The van der Waals surface area contributed by atoms with Gasteiger partial charge in [-0.2, -0.15) is 4.31 Å². The topological polar surface area (TPSA) is 101 Å². The number of hydrogen-bond acceptors (Lipinski definition) is 6. The number of hydrogen-bond donors (Lipinski definition) is 0. The zero-order valence-corrected chi connectivity index (χ0v) is 16.4. The molecule has 0 unspecified atom stereocenters. The predicted molar refractivity (Wildman–Crippen MR) is 106 cm³/mol. The number of nitrogens with zero attached hydrogens (tertiary/aromatic N) is 6. The molecule has 0 saturated carbocycles. The number of carbonyl (C=O) groups is 1. The first-order valence-corrected chi connectivity index (χ1v) is 10.8. The Morgan fingerprint density at radius 1 is 0.966 bits per heavy atom. The second-order valence-electron chi connectivity index (χ2n) is 6.74. The molecule has 29 heavy (non-hydrogen) atoms. The number of carbonyl (C=O) groups excluding carboxylic acids is 1. The van der Waals surface area contributed by atoms with E-state index in [-0.39, 0.29) is 24.7 Å². The van der Waals surface area contributed by atoms with E-state index in [1.165, 1.54) is 15.3 Å². The monoisotopic (exact) mass is 412 g/mol. The van der Waals surface area contributed by atoms with Crippen LogP contribution in [0.2, 0.25) is 0 Å². The Morgan fingerprint density at radius 3 is 2.41 bits per heavy atom. The maximum absolute atomic E-state index is 12.9. The standard InChI is InChI=1S/C19H20N6O3S/c26-19(17-7-4-8-18(13-17)25-15-20-21-22-25)23-9-11-24(12-10-23)29(27,28)14-16-5-2-1-3-6-16/h1-8,13,15H,9-12,14H2. The lowest BCUT2D eigenvalue weighted by Gasteiger charge is -2.34. The van der Waals surface area contributed by atoms with Crippen LogP contribution < -0.4 is 0 Å². The van der Waals surface area contributed by atoms with Crippen molar-refractivity contribution in [2.24, 2.45) is 0 Å². The van der Waals surface area contributed by atoms with Crippen LogP contribution >= 0.6 is 0 Å². The SMILES string of the molecule is O=C(c1cccc(-n2cnnn2)c1)N1CCN(S(=O)(=O)Cc2ccccc2)CC1. The number of rotatable bonds is 5. The van der Waals surface area contributed by atoms with Gasteiger partial charge in [-0.3, -0.25) is 4.79 Å². The van der Waals surface area contributed by atoms with Crippen LogP contribution in [0.1, 0.15) is 15.9 Å². The first-order valence-electron chi connectivity index (χ1n) is 9.17. The van der Waals surface area contributed by atoms with Gasteiger partial charge in [-0.1, -0.05) is 36.4 Å². The number of aromatic nitrogens is 4. The number of benzene rings is 2. The molecule has 0 radical (unpaired) electrons. The molecule has 0 spiro atoms. The molecule has 1 amide bonds. The molecule has 0 N–H and O–H groups in total. The van der Waals surface area contributed by atoms with Crippen LogP contribution in [0, 0.1) is 0 Å². The fourth-order valence-electron chi connectivity index (χ4n) is 3.29. The van der Waals surface area contributed by atoms with Crippen molar-refractivity contribution in [1.29, 1.82) is 0 Å². The lowest BCUT2D eigenvalue weighted by Crippen LogP contribution is -2.50. The summed E-state index contributed by atoms with van der Waals surface area (Å²) >= 11 is 0. The van der Waals surface area contributed by atoms with Crippen molar-refractivity contribution in [3.05, 3.63) is 72.1 Å². The van der Waals surface area contributed by atoms with Crippen molar-refractivity contribution < 1.29 is 13.2 Å². The van der Waals surface area contributed by atoms with Crippen LogP contribution in [0.4, 0.5) is 0 Å². The molecular weight excluding hydrogens is 392 g/mol. The van der Waals surface area contributed by atoms with Gasteiger partial charge < -0.3 is 4.90 Å². The molecule has 150 valence electrons. The van der Waals surface area contributed by atoms with Crippen molar-refractivity contribution in [3.8, 4) is 5.69 Å². The highest BCUT2D eigenvalue weighted by Crippen LogP contribution is 2.16. The van der Waals surface area contributed by atoms with Gasteiger partial charge in [-0.25, -0.2) is 13.1 Å². The fourth-order valence-corrected chi connectivity index (χ4v) is 4.81. The van der Waals surface area contributed by atoms with E-state index in [1.54, 1.807) is 41.3 Å². The van der Waals surface area contributed by atoms with Crippen LogP contribution in [0.3, 0.4) is 0 Å². The Hall–Kier alpha value is -3.11. The van der Waals surface area contributed by atoms with Gasteiger partial charge in [-0.15, -0.1) is 5.10 Å². The molecule has 0 bridgehead atoms. The van der Waals surface area contributed by atoms with Crippen molar-refractivity contribution in [1.82, 2.24) is 29.4 Å². The molecule has 1 fully saturated rings. The summed E-state index contributed by atoms with van der Waals surface area (Å²) in [6.45, 7) is 1.27. The average molecular weight is 412 g/mol. The summed E-state index contributed by atoms with van der Waals surface area (Å²) in [4.78, 5) is 14.5. The highest BCUT2D eigenvalue weighted by molar-refractivity contribution is 7.88. The maximum Gasteiger partial charge on any atom is 0.254 e. The number of sulfonamides is 1. The van der Waals surface area contributed by atoms with E-state index in [1.807, 2.05) is 18.2 Å². The van der Waals surface area contributed by atoms with Gasteiger partial charge >= 0.3 is 0 Å². The summed E-state index contributed by atoms with van der Waals surface area (Å²) in [5.41, 5.74) is 1.95. The van der Waals surface area contributed by atoms with Crippen LogP contribution in [0.5, 0.6) is 0 Å². The third kappa shape index (κ3) is 4.33. The quantitative estimate of drug-likeness (QED) is 0.618. The normalized spacial score (nSPS) is 15.4. The molecule has 10 heteroatoms. The van der Waals surface area contributed by atoms with Gasteiger partial charge in [-0.05, 0) is 34.2 Å². The van der Waals surface area contributed by atoms with Gasteiger partial charge in [0, 0.05) is 31.7 Å². The second kappa shape index (κ2) is 8.10. The molecule has 0 atom stereocenters. The summed E-state index contributed by atoms with van der Waals surface area (Å²) in [6.07, 6.45) is 1.46. The van der Waals surface area contributed by atoms with E-state index >= 15 is 0 Å². The van der Waals surface area contributed by atoms with Crippen molar-refractivity contribution in [2.75, 3.05) is 26.2 Å². The van der Waals surface area contributed by atoms with E-state index in [2.05, 4.69) is 15.5 Å². The number of tetrazole rings is 1. The average Bonchev–Trinajstić information content (AvgIpc) is 3.29. The highest BCUT2D eigenvalue weighted by Gasteiger charge is 2.29. The molecule has 1 aliphatic heterocycles. The highest BCUT2D eigenvalue weighted by atomic mass is 32.2. The van der Waals surface area contributed by atoms with E-state index in [0.29, 0.717) is 24.3 Å². The van der Waals surface area contributed by atoms with Gasteiger partial charge in [0.1, 0.15) is 6.33 Å². The summed E-state index contributed by atoms with van der Waals surface area (Å²) < 4.78 is 28.3. The molecule has 1 aromatic heterocycles. The summed E-state index contributed by atoms with van der Waals surface area (Å²) in [6, 6.07) is 16.1. The van der Waals surface area contributed by atoms with E-state index in [4.69, 9.17) is 0 Å².